The number of hydrogen-bond donors (Lipinski definition) is 0. The van der Waals surface area contributed by atoms with Crippen LogP contribution >= 0.6 is 0 Å². The minimum atomic E-state index is -4.63. The first-order valence-electron chi connectivity index (χ1n) is 6.82. The average Bonchev–Trinajstić information content (AvgIpc) is 3.09. The summed E-state index contributed by atoms with van der Waals surface area (Å²) >= 11 is 0. The van der Waals surface area contributed by atoms with E-state index in [4.69, 9.17) is 4.74 Å². The molecule has 3 aromatic rings. The molecule has 0 spiro atoms. The Morgan fingerprint density at radius 3 is 2.70 bits per heavy atom. The molecule has 0 radical (unpaired) electrons. The topological polar surface area (TPSA) is 66.0 Å². The van der Waals surface area contributed by atoms with Crippen LogP contribution in [0.15, 0.2) is 28.8 Å². The molecule has 9 heteroatoms. The van der Waals surface area contributed by atoms with Crippen LogP contribution in [-0.2, 0) is 30.5 Å². The van der Waals surface area contributed by atoms with Gasteiger partial charge in [-0.05, 0) is 12.1 Å². The van der Waals surface area contributed by atoms with Crippen molar-refractivity contribution in [2.45, 2.75) is 25.7 Å². The fourth-order valence-electron chi connectivity index (χ4n) is 2.30. The number of methoxy groups -OCH3 is 1. The first-order valence-corrected chi connectivity index (χ1v) is 6.82. The number of para-hydroxylation sites is 2. The second-order valence-corrected chi connectivity index (χ2v) is 4.86. The monoisotopic (exact) mass is 326 g/mol. The molecule has 0 saturated carbocycles. The summed E-state index contributed by atoms with van der Waals surface area (Å²) in [6, 6.07) is 7.48. The lowest BCUT2D eigenvalue weighted by molar-refractivity contribution is -0.159. The molecule has 2 heterocycles. The number of nitrogens with zero attached hydrogens (tertiary/aromatic N) is 4. The molecular formula is C14H13F3N4O2. The molecule has 23 heavy (non-hydrogen) atoms. The van der Waals surface area contributed by atoms with Crippen molar-refractivity contribution in [1.29, 1.82) is 0 Å². The van der Waals surface area contributed by atoms with E-state index in [0.29, 0.717) is 19.0 Å². The Morgan fingerprint density at radius 1 is 1.22 bits per heavy atom. The van der Waals surface area contributed by atoms with Gasteiger partial charge in [0, 0.05) is 20.1 Å². The van der Waals surface area contributed by atoms with Gasteiger partial charge in [0.2, 0.25) is 0 Å². The van der Waals surface area contributed by atoms with E-state index in [1.165, 1.54) is 0 Å². The van der Waals surface area contributed by atoms with Crippen LogP contribution in [0.5, 0.6) is 0 Å². The highest BCUT2D eigenvalue weighted by Gasteiger charge is 2.38. The van der Waals surface area contributed by atoms with Crippen molar-refractivity contribution >= 4 is 11.0 Å². The van der Waals surface area contributed by atoms with Crippen molar-refractivity contribution in [3.8, 4) is 0 Å². The van der Waals surface area contributed by atoms with Gasteiger partial charge in [-0.15, -0.1) is 0 Å². The minimum absolute atomic E-state index is 0.00141. The predicted octanol–water partition coefficient (Wildman–Crippen LogP) is 2.83. The lowest BCUT2D eigenvalue weighted by Gasteiger charge is -2.07. The maximum atomic E-state index is 12.5. The third-order valence-electron chi connectivity index (χ3n) is 3.28. The van der Waals surface area contributed by atoms with Gasteiger partial charge in [0.15, 0.2) is 5.82 Å². The number of fused-ring (bicyclic) bond motifs is 1. The lowest BCUT2D eigenvalue weighted by atomic mass is 10.3. The number of hydrogen-bond acceptors (Lipinski definition) is 5. The molecule has 0 aliphatic rings. The van der Waals surface area contributed by atoms with Crippen LogP contribution in [0.2, 0.25) is 0 Å². The lowest BCUT2D eigenvalue weighted by Crippen LogP contribution is -2.09. The highest BCUT2D eigenvalue weighted by molar-refractivity contribution is 5.75. The molecule has 2 aromatic heterocycles. The summed E-state index contributed by atoms with van der Waals surface area (Å²) in [7, 11) is 1.55. The van der Waals surface area contributed by atoms with Gasteiger partial charge in [0.05, 0.1) is 11.0 Å². The Bertz CT molecular complexity index is 810. The maximum Gasteiger partial charge on any atom is 0.471 e. The molecule has 3 rings (SSSR count). The van der Waals surface area contributed by atoms with E-state index in [2.05, 4.69) is 19.6 Å². The molecule has 0 bridgehead atoms. The second-order valence-electron chi connectivity index (χ2n) is 4.86. The summed E-state index contributed by atoms with van der Waals surface area (Å²) < 4.78 is 48.6. The largest absolute Gasteiger partial charge is 0.471 e. The molecule has 122 valence electrons. The highest BCUT2D eigenvalue weighted by Crippen LogP contribution is 2.27. The summed E-state index contributed by atoms with van der Waals surface area (Å²) in [4.78, 5) is 7.82. The quantitative estimate of drug-likeness (QED) is 0.721. The third-order valence-corrected chi connectivity index (χ3v) is 3.28. The SMILES string of the molecule is COCc1nc2ccccc2n1CCc1noc(C(F)(F)F)n1. The third kappa shape index (κ3) is 3.19. The Kier molecular flexibility index (Phi) is 4.03. The van der Waals surface area contributed by atoms with Crippen molar-refractivity contribution in [2.75, 3.05) is 7.11 Å². The molecule has 0 amide bonds. The van der Waals surface area contributed by atoms with Crippen LogP contribution in [0, 0.1) is 0 Å². The Hall–Kier alpha value is -2.42. The van der Waals surface area contributed by atoms with E-state index in [0.717, 1.165) is 11.0 Å². The molecule has 6 nitrogen and oxygen atoms in total. The maximum absolute atomic E-state index is 12.5. The number of imidazole rings is 1. The van der Waals surface area contributed by atoms with E-state index >= 15 is 0 Å². The van der Waals surface area contributed by atoms with Crippen molar-refractivity contribution in [2.24, 2.45) is 0 Å². The van der Waals surface area contributed by atoms with E-state index < -0.39 is 12.1 Å². The van der Waals surface area contributed by atoms with Crippen LogP contribution in [0.3, 0.4) is 0 Å². The van der Waals surface area contributed by atoms with Gasteiger partial charge in [-0.25, -0.2) is 4.98 Å². The van der Waals surface area contributed by atoms with Crippen molar-refractivity contribution in [3.63, 3.8) is 0 Å². The zero-order chi connectivity index (χ0) is 16.4. The number of ether oxygens (including phenoxy) is 1. The van der Waals surface area contributed by atoms with Crippen LogP contribution < -0.4 is 0 Å². The predicted molar refractivity (Wildman–Crippen MR) is 73.5 cm³/mol. The molecule has 0 unspecified atom stereocenters. The van der Waals surface area contributed by atoms with E-state index in [-0.39, 0.29) is 12.2 Å². The Balaban J connectivity index is 1.83. The van der Waals surface area contributed by atoms with E-state index in [1.807, 2.05) is 28.8 Å². The summed E-state index contributed by atoms with van der Waals surface area (Å²) in [5, 5.41) is 3.37. The van der Waals surface area contributed by atoms with Crippen LogP contribution in [0.25, 0.3) is 11.0 Å². The first-order chi connectivity index (χ1) is 11.0. The zero-order valence-electron chi connectivity index (χ0n) is 12.2. The summed E-state index contributed by atoms with van der Waals surface area (Å²) in [5.41, 5.74) is 1.67. The van der Waals surface area contributed by atoms with Gasteiger partial charge >= 0.3 is 12.1 Å². The summed E-state index contributed by atoms with van der Waals surface area (Å²) in [6.07, 6.45) is -4.44. The summed E-state index contributed by atoms with van der Waals surface area (Å²) in [6.45, 7) is 0.671. The molecular weight excluding hydrogens is 313 g/mol. The minimum Gasteiger partial charge on any atom is -0.377 e. The summed E-state index contributed by atoms with van der Waals surface area (Å²) in [5.74, 6) is -0.646. The Morgan fingerprint density at radius 2 is 2.00 bits per heavy atom. The average molecular weight is 326 g/mol. The van der Waals surface area contributed by atoms with Crippen molar-refractivity contribution in [3.05, 3.63) is 41.8 Å². The van der Waals surface area contributed by atoms with Gasteiger partial charge in [-0.2, -0.15) is 18.2 Å². The van der Waals surface area contributed by atoms with Crippen molar-refractivity contribution in [1.82, 2.24) is 19.7 Å². The number of aryl methyl sites for hydroxylation is 2. The number of halogens is 3. The molecule has 0 atom stereocenters. The van der Waals surface area contributed by atoms with Gasteiger partial charge in [-0.1, -0.05) is 17.3 Å². The smallest absolute Gasteiger partial charge is 0.377 e. The van der Waals surface area contributed by atoms with Gasteiger partial charge < -0.3 is 13.8 Å². The fraction of sp³-hybridized carbons (Fsp3) is 0.357. The Labute approximate surface area is 128 Å². The molecule has 0 aliphatic carbocycles. The molecule has 0 fully saturated rings. The van der Waals surface area contributed by atoms with Crippen molar-refractivity contribution < 1.29 is 22.4 Å². The van der Waals surface area contributed by atoms with E-state index in [1.54, 1.807) is 7.11 Å². The number of rotatable bonds is 5. The van der Waals surface area contributed by atoms with Crippen LogP contribution in [0.4, 0.5) is 13.2 Å². The molecule has 0 saturated heterocycles. The van der Waals surface area contributed by atoms with Crippen LogP contribution in [-0.4, -0.2) is 26.8 Å². The standard InChI is InChI=1S/C14H13F3N4O2/c1-22-8-12-18-9-4-2-3-5-10(9)21(12)7-6-11-19-13(23-20-11)14(15,16)17/h2-5H,6-8H2,1H3. The van der Waals surface area contributed by atoms with E-state index in [9.17, 15) is 13.2 Å². The van der Waals surface area contributed by atoms with Gasteiger partial charge in [-0.3, -0.25) is 0 Å². The zero-order valence-corrected chi connectivity index (χ0v) is 12.2. The molecule has 0 aliphatic heterocycles. The number of aromatic nitrogens is 4. The fourth-order valence-corrected chi connectivity index (χ4v) is 2.30. The molecule has 1 aromatic carbocycles. The first kappa shape index (κ1) is 15.5. The van der Waals surface area contributed by atoms with Crippen LogP contribution in [0.1, 0.15) is 17.5 Å². The second kappa shape index (κ2) is 5.99. The highest BCUT2D eigenvalue weighted by atomic mass is 19.4. The number of benzene rings is 1. The molecule has 0 N–H and O–H groups in total. The van der Waals surface area contributed by atoms with Gasteiger partial charge in [0.1, 0.15) is 12.4 Å². The van der Waals surface area contributed by atoms with Gasteiger partial charge in [0.25, 0.3) is 0 Å². The normalized spacial score (nSPS) is 12.2. The number of alkyl halides is 3.